The average Bonchev–Trinajstić information content (AvgIpc) is 3.06. The van der Waals surface area contributed by atoms with E-state index in [0.29, 0.717) is 36.1 Å². The highest BCUT2D eigenvalue weighted by Gasteiger charge is 2.48. The first kappa shape index (κ1) is 21.1. The van der Waals surface area contributed by atoms with Crippen LogP contribution in [0.1, 0.15) is 24.3 Å². The number of morpholine rings is 1. The highest BCUT2D eigenvalue weighted by Crippen LogP contribution is 2.45. The lowest BCUT2D eigenvalue weighted by atomic mass is 10.0. The molecule has 2 atom stereocenters. The molecule has 1 fully saturated rings. The van der Waals surface area contributed by atoms with Gasteiger partial charge in [0.05, 0.1) is 12.3 Å². The van der Waals surface area contributed by atoms with Crippen molar-refractivity contribution >= 4 is 45.6 Å². The Morgan fingerprint density at radius 1 is 1.50 bits per heavy atom. The van der Waals surface area contributed by atoms with Gasteiger partial charge in [-0.3, -0.25) is 4.90 Å². The topological polar surface area (TPSA) is 97.9 Å². The molecule has 3 rings (SSSR count). The van der Waals surface area contributed by atoms with Gasteiger partial charge in [-0.05, 0) is 31.0 Å². The zero-order valence-electron chi connectivity index (χ0n) is 15.2. The van der Waals surface area contributed by atoms with Gasteiger partial charge in [-0.15, -0.1) is 11.3 Å². The summed E-state index contributed by atoms with van der Waals surface area (Å²) < 4.78 is 9.69. The summed E-state index contributed by atoms with van der Waals surface area (Å²) in [4.78, 5) is 16.8. The number of hydrogen-bond donors (Lipinski definition) is 2. The number of alkyl halides is 2. The molecule has 0 amide bonds. The number of nitrogen functional groups attached to an aromatic ring is 1. The van der Waals surface area contributed by atoms with Gasteiger partial charge < -0.3 is 20.3 Å². The van der Waals surface area contributed by atoms with E-state index < -0.39 is 16.5 Å². The third-order valence-electron chi connectivity index (χ3n) is 4.47. The molecule has 0 radical (unpaired) electrons. The number of rotatable bonds is 7. The second-order valence-corrected chi connectivity index (χ2v) is 8.76. The van der Waals surface area contributed by atoms with Gasteiger partial charge in [-0.1, -0.05) is 35.3 Å². The van der Waals surface area contributed by atoms with Crippen LogP contribution in [0.3, 0.4) is 0 Å². The summed E-state index contributed by atoms with van der Waals surface area (Å²) >= 11 is 14.8. The van der Waals surface area contributed by atoms with Crippen molar-refractivity contribution in [3.63, 3.8) is 0 Å². The number of hydrogen-bond acceptors (Lipinski definition) is 7. The molecule has 10 heteroatoms. The van der Waals surface area contributed by atoms with Gasteiger partial charge in [0, 0.05) is 18.0 Å². The van der Waals surface area contributed by atoms with Gasteiger partial charge >= 0.3 is 5.97 Å². The van der Waals surface area contributed by atoms with Crippen molar-refractivity contribution in [3.05, 3.63) is 40.9 Å². The fourth-order valence-corrected chi connectivity index (χ4v) is 4.61. The Morgan fingerprint density at radius 2 is 2.21 bits per heavy atom. The summed E-state index contributed by atoms with van der Waals surface area (Å²) in [6.07, 6.45) is 0.110. The van der Waals surface area contributed by atoms with Gasteiger partial charge in [0.2, 0.25) is 4.46 Å². The number of carboxylic acids is 1. The Labute approximate surface area is 177 Å². The van der Waals surface area contributed by atoms with Crippen LogP contribution >= 0.6 is 34.5 Å². The quantitative estimate of drug-likeness (QED) is 0.497. The lowest BCUT2D eigenvalue weighted by Crippen LogP contribution is -2.55. The third kappa shape index (κ3) is 4.87. The van der Waals surface area contributed by atoms with Crippen molar-refractivity contribution in [1.29, 1.82) is 0 Å². The van der Waals surface area contributed by atoms with Gasteiger partial charge in [-0.2, -0.15) is 0 Å². The van der Waals surface area contributed by atoms with Crippen LogP contribution in [0.15, 0.2) is 29.6 Å². The van der Waals surface area contributed by atoms with E-state index in [0.717, 1.165) is 5.56 Å². The number of aliphatic carboxylic acids is 1. The fraction of sp³-hybridized carbons (Fsp3) is 0.444. The van der Waals surface area contributed by atoms with Crippen molar-refractivity contribution in [1.82, 2.24) is 9.88 Å². The average molecular weight is 446 g/mol. The monoisotopic (exact) mass is 445 g/mol. The van der Waals surface area contributed by atoms with Crippen molar-refractivity contribution < 1.29 is 19.4 Å². The Kier molecular flexibility index (Phi) is 6.67. The molecule has 2 heterocycles. The maximum atomic E-state index is 10.6. The molecule has 152 valence electrons. The number of thiazole rings is 1. The number of aromatic nitrogens is 1. The number of halogens is 2. The number of carbonyl (C=O) groups is 1. The predicted molar refractivity (Wildman–Crippen MR) is 109 cm³/mol. The van der Waals surface area contributed by atoms with Crippen LogP contribution in [-0.4, -0.2) is 51.2 Å². The second kappa shape index (κ2) is 8.84. The number of benzene rings is 1. The van der Waals surface area contributed by atoms with Crippen molar-refractivity contribution in [3.8, 4) is 5.75 Å². The highest BCUT2D eigenvalue weighted by atomic mass is 35.5. The van der Waals surface area contributed by atoms with Crippen LogP contribution in [0.4, 0.5) is 5.13 Å². The third-order valence-corrected chi connectivity index (χ3v) is 6.00. The number of nitrogens with two attached hydrogens (primary N) is 1. The summed E-state index contributed by atoms with van der Waals surface area (Å²) in [6, 6.07) is 7.33. The Bertz CT molecular complexity index is 815. The van der Waals surface area contributed by atoms with E-state index in [1.54, 1.807) is 12.1 Å². The summed E-state index contributed by atoms with van der Waals surface area (Å²) in [5.41, 5.74) is 7.41. The molecule has 1 aliphatic rings. The van der Waals surface area contributed by atoms with Crippen LogP contribution in [0.2, 0.25) is 0 Å². The minimum atomic E-state index is -1.28. The molecular weight excluding hydrogens is 425 g/mol. The van der Waals surface area contributed by atoms with E-state index in [4.69, 9.17) is 43.5 Å². The number of nitrogens with zero attached hydrogens (tertiary/aromatic N) is 2. The van der Waals surface area contributed by atoms with Crippen LogP contribution in [-0.2, 0) is 16.0 Å². The molecule has 2 aromatic rings. The van der Waals surface area contributed by atoms with E-state index in [1.807, 2.05) is 29.3 Å². The van der Waals surface area contributed by atoms with Crippen LogP contribution in [0.25, 0.3) is 0 Å². The molecule has 28 heavy (non-hydrogen) atoms. The summed E-state index contributed by atoms with van der Waals surface area (Å²) in [5, 5.41) is 10.9. The minimum Gasteiger partial charge on any atom is -0.482 e. The van der Waals surface area contributed by atoms with E-state index >= 15 is 0 Å². The number of ether oxygens (including phenoxy) is 2. The summed E-state index contributed by atoms with van der Waals surface area (Å²) in [5.74, 6) is -0.502. The first-order valence-corrected chi connectivity index (χ1v) is 10.3. The Balaban J connectivity index is 1.67. The zero-order valence-corrected chi connectivity index (χ0v) is 17.5. The molecule has 1 aromatic carbocycles. The highest BCUT2D eigenvalue weighted by molar-refractivity contribution is 7.13. The van der Waals surface area contributed by atoms with E-state index in [-0.39, 0.29) is 12.6 Å². The lowest BCUT2D eigenvalue weighted by molar-refractivity contribution is -0.139. The van der Waals surface area contributed by atoms with Gasteiger partial charge in [0.15, 0.2) is 11.7 Å². The normalized spacial score (nSPS) is 20.6. The second-order valence-electron chi connectivity index (χ2n) is 6.52. The molecule has 0 bridgehead atoms. The maximum Gasteiger partial charge on any atom is 0.341 e. The molecule has 1 saturated heterocycles. The smallest absolute Gasteiger partial charge is 0.341 e. The molecule has 1 aliphatic heterocycles. The molecule has 3 N–H and O–H groups in total. The summed E-state index contributed by atoms with van der Waals surface area (Å²) in [7, 11) is 0. The Morgan fingerprint density at radius 3 is 2.82 bits per heavy atom. The number of anilines is 1. The van der Waals surface area contributed by atoms with Crippen molar-refractivity contribution in [2.75, 3.05) is 25.5 Å². The molecule has 2 unspecified atom stereocenters. The number of carboxylic acid groups (broad SMARTS) is 1. The van der Waals surface area contributed by atoms with Gasteiger partial charge in [0.25, 0.3) is 0 Å². The fourth-order valence-electron chi connectivity index (χ4n) is 3.19. The van der Waals surface area contributed by atoms with E-state index in [9.17, 15) is 4.79 Å². The van der Waals surface area contributed by atoms with E-state index in [1.165, 1.54) is 11.3 Å². The lowest BCUT2D eigenvalue weighted by Gasteiger charge is -2.46. The maximum absolute atomic E-state index is 10.6. The molecule has 0 aliphatic carbocycles. The first-order valence-electron chi connectivity index (χ1n) is 8.68. The van der Waals surface area contributed by atoms with Crippen molar-refractivity contribution in [2.45, 2.75) is 29.9 Å². The van der Waals surface area contributed by atoms with Crippen LogP contribution in [0, 0.1) is 0 Å². The van der Waals surface area contributed by atoms with Crippen molar-refractivity contribution in [2.24, 2.45) is 0 Å². The van der Waals surface area contributed by atoms with Crippen LogP contribution < -0.4 is 10.5 Å². The molecular formula is C18H21Cl2N3O4S. The molecule has 7 nitrogen and oxygen atoms in total. The first-order chi connectivity index (χ1) is 13.3. The predicted octanol–water partition coefficient (Wildman–Crippen LogP) is 3.32. The molecule has 0 saturated carbocycles. The largest absolute Gasteiger partial charge is 0.482 e. The SMILES string of the molecule is CC(Cc1ccc(OCC(=O)O)cc1)N1CCOC(c2csc(N)n2)C1(Cl)Cl. The zero-order chi connectivity index (χ0) is 20.3. The minimum absolute atomic E-state index is 0.0307. The standard InChI is InChI=1S/C18H21Cl2N3O4S/c1-11(8-12-2-4-13(5-3-12)27-9-15(24)25)23-6-7-26-16(18(23,19)20)14-10-28-17(21)22-14/h2-5,10-11,16H,6-9H2,1H3,(H2,21,22)(H,24,25). The molecule has 1 aromatic heterocycles. The van der Waals surface area contributed by atoms with Crippen LogP contribution in [0.5, 0.6) is 5.75 Å². The molecule has 0 spiro atoms. The Hall–Kier alpha value is -1.58. The van der Waals surface area contributed by atoms with Gasteiger partial charge in [0.1, 0.15) is 11.9 Å². The summed E-state index contributed by atoms with van der Waals surface area (Å²) in [6.45, 7) is 2.75. The van der Waals surface area contributed by atoms with Gasteiger partial charge in [-0.25, -0.2) is 9.78 Å². The van der Waals surface area contributed by atoms with E-state index in [2.05, 4.69) is 4.98 Å².